The highest BCUT2D eigenvalue weighted by Crippen LogP contribution is 2.47. The van der Waals surface area contributed by atoms with Crippen LogP contribution in [0.1, 0.15) is 5.56 Å². The normalized spacial score (nSPS) is 15.8. The van der Waals surface area contributed by atoms with Crippen LogP contribution in [0.2, 0.25) is 19.1 Å². The second kappa shape index (κ2) is 5.23. The number of hydrogen-bond donors (Lipinski definition) is 1. The van der Waals surface area contributed by atoms with Gasteiger partial charge in [0.05, 0.1) is 0 Å². The summed E-state index contributed by atoms with van der Waals surface area (Å²) in [7, 11) is -7.26. The lowest BCUT2D eigenvalue weighted by molar-refractivity contribution is 0.326. The first-order valence-electron chi connectivity index (χ1n) is 5.06. The molecule has 1 aromatic carbocycles. The van der Waals surface area contributed by atoms with Gasteiger partial charge in [-0.2, -0.15) is 0 Å². The molecule has 1 aromatic rings. The minimum absolute atomic E-state index is 0.617. The van der Waals surface area contributed by atoms with Gasteiger partial charge in [-0.3, -0.25) is 4.89 Å². The molecule has 0 saturated carbocycles. The van der Waals surface area contributed by atoms with Crippen LogP contribution >= 0.6 is 7.91 Å². The summed E-state index contributed by atoms with van der Waals surface area (Å²) in [4.78, 5) is 8.55. The predicted molar refractivity (Wildman–Crippen MR) is 64.5 cm³/mol. The van der Waals surface area contributed by atoms with Gasteiger partial charge in [-0.15, -0.1) is 4.20 Å². The Morgan fingerprint density at radius 1 is 1.38 bits per heavy atom. The van der Waals surface area contributed by atoms with Gasteiger partial charge in [-0.25, -0.2) is 4.57 Å². The summed E-state index contributed by atoms with van der Waals surface area (Å²) >= 11 is 0. The van der Waals surface area contributed by atoms with Crippen molar-refractivity contribution in [2.75, 3.05) is 0 Å². The fraction of sp³-hybridized carbons (Fsp3) is 0.400. The van der Waals surface area contributed by atoms with Crippen molar-refractivity contribution in [1.82, 2.24) is 0 Å². The molecule has 0 fully saturated rings. The zero-order valence-electron chi connectivity index (χ0n) is 9.39. The number of benzene rings is 1. The van der Waals surface area contributed by atoms with Crippen molar-refractivity contribution in [3.8, 4) is 0 Å². The molecule has 3 nitrogen and oxygen atoms in total. The van der Waals surface area contributed by atoms with Crippen LogP contribution in [0.25, 0.3) is 0 Å². The molecule has 0 aliphatic heterocycles. The summed E-state index contributed by atoms with van der Waals surface area (Å²) in [5.41, 5.74) is 1.12. The molecule has 1 rings (SSSR count). The molecule has 90 valence electrons. The summed E-state index contributed by atoms with van der Waals surface area (Å²) in [6.45, 7) is 3.47. The van der Waals surface area contributed by atoms with E-state index in [1.54, 1.807) is 13.1 Å². The lowest BCUT2D eigenvalue weighted by Crippen LogP contribution is -2.28. The lowest BCUT2D eigenvalue weighted by atomic mass is 10.2. The quantitative estimate of drug-likeness (QED) is 0.652. The van der Waals surface area contributed by atoms with Crippen LogP contribution in [0.5, 0.6) is 0 Å². The zero-order chi connectivity index (χ0) is 12.2. The van der Waals surface area contributed by atoms with Gasteiger partial charge < -0.3 is 4.21 Å². The largest absolute Gasteiger partial charge is 0.500 e. The minimum atomic E-state index is -4.85. The number of halogens is 1. The molecule has 0 radical (unpaired) electrons. The molecule has 0 saturated heterocycles. The Balaban J connectivity index is 2.51. The van der Waals surface area contributed by atoms with E-state index in [-0.39, 0.29) is 0 Å². The van der Waals surface area contributed by atoms with E-state index in [0.717, 1.165) is 12.0 Å². The fourth-order valence-corrected chi connectivity index (χ4v) is 5.13. The molecule has 16 heavy (non-hydrogen) atoms. The van der Waals surface area contributed by atoms with E-state index < -0.39 is 16.2 Å². The highest BCUT2D eigenvalue weighted by Gasteiger charge is 2.32. The van der Waals surface area contributed by atoms with E-state index in [0.29, 0.717) is 6.04 Å². The average Bonchev–Trinajstić information content (AvgIpc) is 2.13. The SMILES string of the molecule is C[Si](C)(CCc1ccccc1)OP(=O)(O)F. The number of rotatable bonds is 5. The molecule has 1 unspecified atom stereocenters. The topological polar surface area (TPSA) is 46.5 Å². The Kier molecular flexibility index (Phi) is 4.44. The maximum absolute atomic E-state index is 12.5. The first-order chi connectivity index (χ1) is 7.29. The van der Waals surface area contributed by atoms with Crippen molar-refractivity contribution in [3.63, 3.8) is 0 Å². The van der Waals surface area contributed by atoms with Crippen LogP contribution in [0.3, 0.4) is 0 Å². The van der Waals surface area contributed by atoms with E-state index in [1.165, 1.54) is 0 Å². The molecule has 0 bridgehead atoms. The minimum Gasteiger partial charge on any atom is -0.327 e. The molecule has 0 heterocycles. The summed E-state index contributed by atoms with van der Waals surface area (Å²) in [5.74, 6) is 0. The van der Waals surface area contributed by atoms with E-state index in [9.17, 15) is 8.76 Å². The molecule has 0 aliphatic rings. The van der Waals surface area contributed by atoms with Crippen molar-refractivity contribution >= 4 is 16.2 Å². The van der Waals surface area contributed by atoms with Crippen LogP contribution in [0.4, 0.5) is 4.20 Å². The van der Waals surface area contributed by atoms with Gasteiger partial charge in [0.25, 0.3) is 0 Å². The van der Waals surface area contributed by atoms with Gasteiger partial charge in [-0.05, 0) is 31.1 Å². The van der Waals surface area contributed by atoms with E-state index in [2.05, 4.69) is 4.21 Å². The van der Waals surface area contributed by atoms with E-state index >= 15 is 0 Å². The zero-order valence-corrected chi connectivity index (χ0v) is 11.3. The van der Waals surface area contributed by atoms with E-state index in [4.69, 9.17) is 4.89 Å². The third-order valence-electron chi connectivity index (χ3n) is 2.22. The van der Waals surface area contributed by atoms with Crippen molar-refractivity contribution < 1.29 is 17.9 Å². The van der Waals surface area contributed by atoms with Crippen molar-refractivity contribution in [1.29, 1.82) is 0 Å². The first-order valence-corrected chi connectivity index (χ1v) is 9.64. The molecule has 0 aliphatic carbocycles. The molecule has 0 spiro atoms. The third-order valence-corrected chi connectivity index (χ3v) is 6.55. The third kappa shape index (κ3) is 5.56. The standard InChI is InChI=1S/C10H16FO3PSi/c1-16(2,14-15(11,12)13)9-8-10-6-4-3-5-7-10/h3-7H,8-9H2,1-2H3,(H,12,13). The molecule has 0 amide bonds. The van der Waals surface area contributed by atoms with E-state index in [1.807, 2.05) is 30.3 Å². The van der Waals surface area contributed by atoms with Gasteiger partial charge in [0.15, 0.2) is 0 Å². The molecule has 0 aromatic heterocycles. The highest BCUT2D eigenvalue weighted by atomic mass is 31.2. The Morgan fingerprint density at radius 2 is 1.94 bits per heavy atom. The fourth-order valence-electron chi connectivity index (χ4n) is 1.44. The Morgan fingerprint density at radius 3 is 2.44 bits per heavy atom. The van der Waals surface area contributed by atoms with Gasteiger partial charge in [0, 0.05) is 0 Å². The van der Waals surface area contributed by atoms with Gasteiger partial charge in [0.2, 0.25) is 8.32 Å². The second-order valence-electron chi connectivity index (χ2n) is 4.29. The predicted octanol–water partition coefficient (Wildman–Crippen LogP) is 3.52. The van der Waals surface area contributed by atoms with Crippen molar-refractivity contribution in [2.45, 2.75) is 25.6 Å². The average molecular weight is 262 g/mol. The summed E-state index contributed by atoms with van der Waals surface area (Å²) < 4.78 is 27.7. The lowest BCUT2D eigenvalue weighted by Gasteiger charge is -2.21. The van der Waals surface area contributed by atoms with Gasteiger partial charge in [0.1, 0.15) is 0 Å². The molecule has 1 N–H and O–H groups in total. The molecular weight excluding hydrogens is 246 g/mol. The Labute approximate surface area is 96.1 Å². The van der Waals surface area contributed by atoms with Crippen LogP contribution in [-0.4, -0.2) is 13.2 Å². The summed E-state index contributed by atoms with van der Waals surface area (Å²) in [6.07, 6.45) is 0.736. The van der Waals surface area contributed by atoms with Crippen molar-refractivity contribution in [2.24, 2.45) is 0 Å². The van der Waals surface area contributed by atoms with Crippen LogP contribution < -0.4 is 0 Å². The maximum Gasteiger partial charge on any atom is 0.500 e. The smallest absolute Gasteiger partial charge is 0.327 e. The molecule has 6 heteroatoms. The van der Waals surface area contributed by atoms with Crippen LogP contribution in [-0.2, 0) is 15.2 Å². The van der Waals surface area contributed by atoms with Gasteiger partial charge >= 0.3 is 7.91 Å². The van der Waals surface area contributed by atoms with Gasteiger partial charge in [-0.1, -0.05) is 30.3 Å². The number of aryl methyl sites for hydroxylation is 1. The highest BCUT2D eigenvalue weighted by molar-refractivity contribution is 7.48. The Hall–Kier alpha value is -0.483. The van der Waals surface area contributed by atoms with Crippen LogP contribution in [0.15, 0.2) is 30.3 Å². The summed E-state index contributed by atoms with van der Waals surface area (Å²) in [5, 5.41) is 0. The van der Waals surface area contributed by atoms with Crippen molar-refractivity contribution in [3.05, 3.63) is 35.9 Å². The monoisotopic (exact) mass is 262 g/mol. The first kappa shape index (κ1) is 13.6. The maximum atomic E-state index is 12.5. The summed E-state index contributed by atoms with van der Waals surface area (Å²) in [6, 6.07) is 10.3. The van der Waals surface area contributed by atoms with Crippen LogP contribution in [0, 0.1) is 0 Å². The number of hydrogen-bond acceptors (Lipinski definition) is 2. The molecule has 1 atom stereocenters. The molecular formula is C10H16FO3PSi. The Bertz CT molecular complexity index is 377. The second-order valence-corrected chi connectivity index (χ2v) is 9.94.